The minimum Gasteiger partial charge on any atom is -0.493 e. The molecule has 110 valence electrons. The second-order valence-corrected chi connectivity index (χ2v) is 5.82. The molecule has 0 amide bonds. The first-order valence-electron chi connectivity index (χ1n) is 7.54. The Kier molecular flexibility index (Phi) is 3.82. The van der Waals surface area contributed by atoms with Gasteiger partial charge in [-0.15, -0.1) is 0 Å². The Labute approximate surface area is 124 Å². The third kappa shape index (κ3) is 2.73. The second kappa shape index (κ2) is 5.76. The number of carbonyl (C=O) groups excluding carboxylic acids is 1. The average molecular weight is 284 g/mol. The molecule has 0 saturated carbocycles. The monoisotopic (exact) mass is 284 g/mol. The molecule has 0 spiro atoms. The molecule has 0 aliphatic carbocycles. The first-order valence-corrected chi connectivity index (χ1v) is 7.54. The Bertz CT molecular complexity index is 639. The summed E-state index contributed by atoms with van der Waals surface area (Å²) in [6, 6.07) is 7.37. The van der Waals surface area contributed by atoms with E-state index in [1.165, 1.54) is 6.26 Å². The van der Waals surface area contributed by atoms with Crippen molar-refractivity contribution in [2.24, 2.45) is 0 Å². The zero-order valence-electron chi connectivity index (χ0n) is 12.5. The van der Waals surface area contributed by atoms with Crippen molar-refractivity contribution in [2.45, 2.75) is 39.0 Å². The molecule has 1 aliphatic heterocycles. The van der Waals surface area contributed by atoms with Gasteiger partial charge in [0.2, 0.25) is 5.78 Å². The van der Waals surface area contributed by atoms with Gasteiger partial charge in [-0.2, -0.15) is 0 Å². The summed E-state index contributed by atoms with van der Waals surface area (Å²) in [4.78, 5) is 12.5. The number of rotatable bonds is 3. The van der Waals surface area contributed by atoms with Crippen LogP contribution in [0.3, 0.4) is 0 Å². The average Bonchev–Trinajstić information content (AvgIpc) is 2.90. The van der Waals surface area contributed by atoms with Crippen LogP contribution in [0.4, 0.5) is 0 Å². The van der Waals surface area contributed by atoms with Gasteiger partial charge >= 0.3 is 0 Å². The van der Waals surface area contributed by atoms with Crippen molar-refractivity contribution in [1.29, 1.82) is 0 Å². The molecule has 0 saturated heterocycles. The molecule has 3 rings (SSSR count). The molecule has 2 heterocycles. The fraction of sp³-hybridized carbons (Fsp3) is 0.389. The topological polar surface area (TPSA) is 39.4 Å². The highest BCUT2D eigenvalue weighted by Crippen LogP contribution is 2.35. The zero-order chi connectivity index (χ0) is 14.8. The van der Waals surface area contributed by atoms with Crippen LogP contribution in [0.25, 0.3) is 0 Å². The fourth-order valence-corrected chi connectivity index (χ4v) is 2.78. The van der Waals surface area contributed by atoms with Crippen LogP contribution in [0.5, 0.6) is 5.75 Å². The maximum absolute atomic E-state index is 12.5. The van der Waals surface area contributed by atoms with Crippen LogP contribution in [0, 0.1) is 0 Å². The van der Waals surface area contributed by atoms with Crippen LogP contribution < -0.4 is 4.74 Å². The van der Waals surface area contributed by atoms with Gasteiger partial charge in [-0.1, -0.05) is 13.8 Å². The van der Waals surface area contributed by atoms with E-state index in [4.69, 9.17) is 9.15 Å². The fourth-order valence-electron chi connectivity index (χ4n) is 2.78. The van der Waals surface area contributed by atoms with E-state index in [0.717, 1.165) is 42.7 Å². The standard InChI is InChI=1S/C18H20O3/c1-12(2)15-11-14(17(19)16-7-5-9-20-16)10-13-6-3-4-8-21-18(13)15/h5,7,9-12H,3-4,6,8H2,1-2H3. The molecule has 0 fully saturated rings. The lowest BCUT2D eigenvalue weighted by Gasteiger charge is -2.17. The highest BCUT2D eigenvalue weighted by molar-refractivity contribution is 6.07. The highest BCUT2D eigenvalue weighted by Gasteiger charge is 2.21. The lowest BCUT2D eigenvalue weighted by molar-refractivity contribution is 0.101. The summed E-state index contributed by atoms with van der Waals surface area (Å²) >= 11 is 0. The van der Waals surface area contributed by atoms with E-state index < -0.39 is 0 Å². The number of fused-ring (bicyclic) bond motifs is 1. The molecule has 3 nitrogen and oxygen atoms in total. The van der Waals surface area contributed by atoms with Crippen molar-refractivity contribution < 1.29 is 13.9 Å². The summed E-state index contributed by atoms with van der Waals surface area (Å²) in [5.41, 5.74) is 2.95. The van der Waals surface area contributed by atoms with E-state index in [2.05, 4.69) is 13.8 Å². The lowest BCUT2D eigenvalue weighted by atomic mass is 9.92. The van der Waals surface area contributed by atoms with Gasteiger partial charge in [-0.25, -0.2) is 0 Å². The van der Waals surface area contributed by atoms with Crippen molar-refractivity contribution in [2.75, 3.05) is 6.61 Å². The molecule has 0 bridgehead atoms. The highest BCUT2D eigenvalue weighted by atomic mass is 16.5. The van der Waals surface area contributed by atoms with Gasteiger partial charge in [0.1, 0.15) is 5.75 Å². The van der Waals surface area contributed by atoms with Gasteiger partial charge in [0.25, 0.3) is 0 Å². The van der Waals surface area contributed by atoms with Gasteiger partial charge < -0.3 is 9.15 Å². The Balaban J connectivity index is 2.08. The first-order chi connectivity index (χ1) is 10.2. The van der Waals surface area contributed by atoms with Gasteiger partial charge in [-0.05, 0) is 60.6 Å². The molecule has 1 aromatic heterocycles. The zero-order valence-corrected chi connectivity index (χ0v) is 12.5. The van der Waals surface area contributed by atoms with Crippen molar-refractivity contribution in [1.82, 2.24) is 0 Å². The van der Waals surface area contributed by atoms with Gasteiger partial charge in [-0.3, -0.25) is 4.79 Å². The molecule has 1 aromatic carbocycles. The SMILES string of the molecule is CC(C)c1cc(C(=O)c2ccco2)cc2c1OCCCC2. The molecule has 3 heteroatoms. The van der Waals surface area contributed by atoms with Gasteiger partial charge in [0.05, 0.1) is 12.9 Å². The van der Waals surface area contributed by atoms with E-state index in [-0.39, 0.29) is 5.78 Å². The third-order valence-electron chi connectivity index (χ3n) is 3.91. The summed E-state index contributed by atoms with van der Waals surface area (Å²) in [6.45, 7) is 5.02. The van der Waals surface area contributed by atoms with Gasteiger partial charge in [0.15, 0.2) is 5.76 Å². The van der Waals surface area contributed by atoms with Crippen LogP contribution in [0.15, 0.2) is 34.9 Å². The first kappa shape index (κ1) is 13.9. The summed E-state index contributed by atoms with van der Waals surface area (Å²) < 4.78 is 11.2. The summed E-state index contributed by atoms with van der Waals surface area (Å²) in [7, 11) is 0. The predicted molar refractivity (Wildman–Crippen MR) is 81.1 cm³/mol. The molecule has 21 heavy (non-hydrogen) atoms. The maximum Gasteiger partial charge on any atom is 0.228 e. The number of aryl methyl sites for hydroxylation is 1. The van der Waals surface area contributed by atoms with E-state index >= 15 is 0 Å². The molecule has 0 N–H and O–H groups in total. The van der Waals surface area contributed by atoms with Crippen LogP contribution >= 0.6 is 0 Å². The Morgan fingerprint density at radius 3 is 2.81 bits per heavy atom. The molecule has 1 aliphatic rings. The minimum absolute atomic E-state index is 0.0612. The molecular formula is C18H20O3. The number of ketones is 1. The summed E-state index contributed by atoms with van der Waals surface area (Å²) in [5, 5.41) is 0. The van der Waals surface area contributed by atoms with Crippen molar-refractivity contribution in [3.63, 3.8) is 0 Å². The Morgan fingerprint density at radius 1 is 1.24 bits per heavy atom. The quantitative estimate of drug-likeness (QED) is 0.787. The number of hydrogen-bond donors (Lipinski definition) is 0. The largest absolute Gasteiger partial charge is 0.493 e. The molecule has 0 unspecified atom stereocenters. The van der Waals surface area contributed by atoms with Crippen LogP contribution in [0.1, 0.15) is 59.9 Å². The minimum atomic E-state index is -0.0612. The summed E-state index contributed by atoms with van der Waals surface area (Å²) in [5.74, 6) is 1.63. The molecule has 2 aromatic rings. The van der Waals surface area contributed by atoms with Crippen LogP contribution in [-0.4, -0.2) is 12.4 Å². The predicted octanol–water partition coefficient (Wildman–Crippen LogP) is 4.35. The smallest absolute Gasteiger partial charge is 0.228 e. The van der Waals surface area contributed by atoms with E-state index in [1.54, 1.807) is 12.1 Å². The van der Waals surface area contributed by atoms with Crippen molar-refractivity contribution in [3.8, 4) is 5.75 Å². The second-order valence-electron chi connectivity index (χ2n) is 5.82. The van der Waals surface area contributed by atoms with Crippen molar-refractivity contribution >= 4 is 5.78 Å². The van der Waals surface area contributed by atoms with E-state index in [1.807, 2.05) is 12.1 Å². The molecular weight excluding hydrogens is 264 g/mol. The lowest BCUT2D eigenvalue weighted by Crippen LogP contribution is -2.06. The van der Waals surface area contributed by atoms with Crippen LogP contribution in [-0.2, 0) is 6.42 Å². The molecule has 0 atom stereocenters. The maximum atomic E-state index is 12.5. The normalized spacial score (nSPS) is 14.4. The molecule has 0 radical (unpaired) electrons. The van der Waals surface area contributed by atoms with E-state index in [9.17, 15) is 4.79 Å². The number of hydrogen-bond acceptors (Lipinski definition) is 3. The van der Waals surface area contributed by atoms with Crippen molar-refractivity contribution in [3.05, 3.63) is 53.0 Å². The number of furan rings is 1. The third-order valence-corrected chi connectivity index (χ3v) is 3.91. The summed E-state index contributed by atoms with van der Waals surface area (Å²) in [6.07, 6.45) is 4.66. The number of carbonyl (C=O) groups is 1. The number of ether oxygens (including phenoxy) is 1. The Hall–Kier alpha value is -2.03. The number of benzene rings is 1. The van der Waals surface area contributed by atoms with Gasteiger partial charge in [0, 0.05) is 5.56 Å². The van der Waals surface area contributed by atoms with E-state index in [0.29, 0.717) is 17.2 Å². The Morgan fingerprint density at radius 2 is 2.10 bits per heavy atom. The van der Waals surface area contributed by atoms with Crippen LogP contribution in [0.2, 0.25) is 0 Å².